The molecule has 1 aromatic carbocycles. The average Bonchev–Trinajstić information content (AvgIpc) is 2.85. The number of benzene rings is 1. The molecular formula is C15H16N2O4. The SMILES string of the molecule is O=C1Cc2ccc(C(=O)N3CCCC(C(=O)O)C3)cc2N1. The first-order valence-electron chi connectivity index (χ1n) is 6.99. The molecule has 2 heterocycles. The second kappa shape index (κ2) is 5.20. The van der Waals surface area contributed by atoms with Crippen LogP contribution in [0.4, 0.5) is 5.69 Å². The van der Waals surface area contributed by atoms with E-state index in [1.165, 1.54) is 0 Å². The van der Waals surface area contributed by atoms with Crippen molar-refractivity contribution < 1.29 is 19.5 Å². The summed E-state index contributed by atoms with van der Waals surface area (Å²) >= 11 is 0. The fourth-order valence-corrected chi connectivity index (χ4v) is 2.89. The summed E-state index contributed by atoms with van der Waals surface area (Å²) in [6.07, 6.45) is 1.65. The van der Waals surface area contributed by atoms with Crippen molar-refractivity contribution in [3.63, 3.8) is 0 Å². The number of carbonyl (C=O) groups excluding carboxylic acids is 2. The lowest BCUT2D eigenvalue weighted by Gasteiger charge is -2.30. The summed E-state index contributed by atoms with van der Waals surface area (Å²) in [6.45, 7) is 0.823. The number of carbonyl (C=O) groups is 3. The van der Waals surface area contributed by atoms with E-state index >= 15 is 0 Å². The Morgan fingerprint density at radius 3 is 2.90 bits per heavy atom. The lowest BCUT2D eigenvalue weighted by molar-refractivity contribution is -0.143. The van der Waals surface area contributed by atoms with Crippen LogP contribution in [0, 0.1) is 5.92 Å². The van der Waals surface area contributed by atoms with Gasteiger partial charge in [-0.3, -0.25) is 14.4 Å². The molecule has 2 N–H and O–H groups in total. The van der Waals surface area contributed by atoms with Gasteiger partial charge in [-0.1, -0.05) is 6.07 Å². The summed E-state index contributed by atoms with van der Waals surface area (Å²) in [5.41, 5.74) is 2.05. The first-order chi connectivity index (χ1) is 10.0. The van der Waals surface area contributed by atoms with Gasteiger partial charge in [-0.15, -0.1) is 0 Å². The summed E-state index contributed by atoms with van der Waals surface area (Å²) in [7, 11) is 0. The summed E-state index contributed by atoms with van der Waals surface area (Å²) < 4.78 is 0. The Kier molecular flexibility index (Phi) is 3.37. The van der Waals surface area contributed by atoms with Crippen LogP contribution >= 0.6 is 0 Å². The zero-order valence-electron chi connectivity index (χ0n) is 11.5. The number of carboxylic acid groups (broad SMARTS) is 1. The molecule has 2 amide bonds. The molecule has 1 fully saturated rings. The van der Waals surface area contributed by atoms with E-state index in [9.17, 15) is 14.4 Å². The van der Waals surface area contributed by atoms with Crippen LogP contribution in [0.2, 0.25) is 0 Å². The lowest BCUT2D eigenvalue weighted by Crippen LogP contribution is -2.42. The zero-order chi connectivity index (χ0) is 15.0. The van der Waals surface area contributed by atoms with Crippen molar-refractivity contribution in [1.82, 2.24) is 4.90 Å². The van der Waals surface area contributed by atoms with Crippen molar-refractivity contribution in [1.29, 1.82) is 0 Å². The molecular weight excluding hydrogens is 272 g/mol. The Morgan fingerprint density at radius 2 is 2.14 bits per heavy atom. The van der Waals surface area contributed by atoms with Crippen LogP contribution < -0.4 is 5.32 Å². The van der Waals surface area contributed by atoms with E-state index in [2.05, 4.69) is 5.32 Å². The number of carboxylic acids is 1. The maximum Gasteiger partial charge on any atom is 0.308 e. The van der Waals surface area contributed by atoms with Crippen LogP contribution in [-0.4, -0.2) is 40.9 Å². The Balaban J connectivity index is 1.78. The van der Waals surface area contributed by atoms with E-state index in [4.69, 9.17) is 5.11 Å². The molecule has 2 aliphatic heterocycles. The second-order valence-electron chi connectivity index (χ2n) is 5.53. The molecule has 1 saturated heterocycles. The van der Waals surface area contributed by atoms with E-state index in [1.807, 2.05) is 0 Å². The van der Waals surface area contributed by atoms with Crippen molar-refractivity contribution in [2.45, 2.75) is 19.3 Å². The van der Waals surface area contributed by atoms with Crippen LogP contribution in [-0.2, 0) is 16.0 Å². The van der Waals surface area contributed by atoms with E-state index in [0.29, 0.717) is 37.1 Å². The molecule has 1 aromatic rings. The van der Waals surface area contributed by atoms with Gasteiger partial charge in [-0.2, -0.15) is 0 Å². The monoisotopic (exact) mass is 288 g/mol. The van der Waals surface area contributed by atoms with Gasteiger partial charge >= 0.3 is 5.97 Å². The number of nitrogens with one attached hydrogen (secondary N) is 1. The number of piperidine rings is 1. The Bertz CT molecular complexity index is 626. The van der Waals surface area contributed by atoms with Gasteiger partial charge in [0, 0.05) is 24.3 Å². The van der Waals surface area contributed by atoms with Crippen LogP contribution in [0.3, 0.4) is 0 Å². The summed E-state index contributed by atoms with van der Waals surface area (Å²) in [4.78, 5) is 36.4. The Labute approximate surface area is 121 Å². The maximum atomic E-state index is 12.5. The molecule has 21 heavy (non-hydrogen) atoms. The molecule has 2 aliphatic rings. The number of aliphatic carboxylic acids is 1. The van der Waals surface area contributed by atoms with Crippen LogP contribution in [0.15, 0.2) is 18.2 Å². The van der Waals surface area contributed by atoms with Crippen molar-refractivity contribution in [2.24, 2.45) is 5.92 Å². The molecule has 0 bridgehead atoms. The molecule has 0 spiro atoms. The standard InChI is InChI=1S/C15H16N2O4/c18-13-7-9-3-4-10(6-12(9)16-13)14(19)17-5-1-2-11(8-17)15(20)21/h3-4,6,11H,1-2,5,7-8H2,(H,16,18)(H,20,21). The number of hydrogen-bond acceptors (Lipinski definition) is 3. The third-order valence-corrected chi connectivity index (χ3v) is 4.04. The van der Waals surface area contributed by atoms with Crippen molar-refractivity contribution in [2.75, 3.05) is 18.4 Å². The predicted octanol–water partition coefficient (Wildman–Crippen LogP) is 1.12. The fraction of sp³-hybridized carbons (Fsp3) is 0.400. The molecule has 3 rings (SSSR count). The largest absolute Gasteiger partial charge is 0.481 e. The maximum absolute atomic E-state index is 12.5. The van der Waals surface area contributed by atoms with Crippen LogP contribution in [0.1, 0.15) is 28.8 Å². The topological polar surface area (TPSA) is 86.7 Å². The number of likely N-dealkylation sites (tertiary alicyclic amines) is 1. The van der Waals surface area contributed by atoms with Gasteiger partial charge in [0.05, 0.1) is 12.3 Å². The summed E-state index contributed by atoms with van der Waals surface area (Å²) in [6, 6.07) is 5.15. The van der Waals surface area contributed by atoms with E-state index in [1.54, 1.807) is 23.1 Å². The minimum atomic E-state index is -0.853. The molecule has 6 heteroatoms. The van der Waals surface area contributed by atoms with E-state index in [-0.39, 0.29) is 18.4 Å². The molecule has 0 radical (unpaired) electrons. The first kappa shape index (κ1) is 13.6. The van der Waals surface area contributed by atoms with Crippen molar-refractivity contribution in [3.05, 3.63) is 29.3 Å². The van der Waals surface area contributed by atoms with E-state index < -0.39 is 11.9 Å². The summed E-state index contributed by atoms with van der Waals surface area (Å²) in [5.74, 6) is -1.59. The van der Waals surface area contributed by atoms with Gasteiger partial charge in [0.25, 0.3) is 5.91 Å². The highest BCUT2D eigenvalue weighted by molar-refractivity contribution is 6.02. The second-order valence-corrected chi connectivity index (χ2v) is 5.53. The highest BCUT2D eigenvalue weighted by Crippen LogP contribution is 2.26. The van der Waals surface area contributed by atoms with Gasteiger partial charge in [-0.25, -0.2) is 0 Å². The minimum absolute atomic E-state index is 0.0708. The molecule has 6 nitrogen and oxygen atoms in total. The number of rotatable bonds is 2. The molecule has 110 valence electrons. The number of amides is 2. The Hall–Kier alpha value is -2.37. The van der Waals surface area contributed by atoms with Crippen LogP contribution in [0.25, 0.3) is 0 Å². The zero-order valence-corrected chi connectivity index (χ0v) is 11.5. The summed E-state index contributed by atoms with van der Waals surface area (Å²) in [5, 5.41) is 11.8. The van der Waals surface area contributed by atoms with Gasteiger partial charge in [0.2, 0.25) is 5.91 Å². The molecule has 1 atom stereocenters. The number of fused-ring (bicyclic) bond motifs is 1. The highest BCUT2D eigenvalue weighted by atomic mass is 16.4. The molecule has 0 aromatic heterocycles. The number of nitrogens with zero attached hydrogens (tertiary/aromatic N) is 1. The molecule has 0 aliphatic carbocycles. The Morgan fingerprint density at radius 1 is 1.33 bits per heavy atom. The highest BCUT2D eigenvalue weighted by Gasteiger charge is 2.29. The van der Waals surface area contributed by atoms with Gasteiger partial charge < -0.3 is 15.3 Å². The normalized spacial score (nSPS) is 20.9. The minimum Gasteiger partial charge on any atom is -0.481 e. The third kappa shape index (κ3) is 2.61. The van der Waals surface area contributed by atoms with E-state index in [0.717, 1.165) is 5.56 Å². The number of hydrogen-bond donors (Lipinski definition) is 2. The first-order valence-corrected chi connectivity index (χ1v) is 6.99. The molecule has 1 unspecified atom stereocenters. The predicted molar refractivity (Wildman–Crippen MR) is 75.0 cm³/mol. The fourth-order valence-electron chi connectivity index (χ4n) is 2.89. The van der Waals surface area contributed by atoms with Crippen molar-refractivity contribution >= 4 is 23.5 Å². The number of anilines is 1. The third-order valence-electron chi connectivity index (χ3n) is 4.04. The average molecular weight is 288 g/mol. The van der Waals surface area contributed by atoms with Crippen LogP contribution in [0.5, 0.6) is 0 Å². The van der Waals surface area contributed by atoms with Gasteiger partial charge in [0.1, 0.15) is 0 Å². The van der Waals surface area contributed by atoms with Crippen molar-refractivity contribution in [3.8, 4) is 0 Å². The molecule has 0 saturated carbocycles. The van der Waals surface area contributed by atoms with Gasteiger partial charge in [-0.05, 0) is 30.5 Å². The quantitative estimate of drug-likeness (QED) is 0.853. The smallest absolute Gasteiger partial charge is 0.308 e. The lowest BCUT2D eigenvalue weighted by atomic mass is 9.97. The van der Waals surface area contributed by atoms with Gasteiger partial charge in [0.15, 0.2) is 0 Å².